The summed E-state index contributed by atoms with van der Waals surface area (Å²) in [5.41, 5.74) is 2.67. The molecule has 1 aromatic heterocycles. The molecule has 0 bridgehead atoms. The minimum atomic E-state index is 0.279. The Bertz CT molecular complexity index is 641. The highest BCUT2D eigenvalue weighted by molar-refractivity contribution is 7.07. The first-order valence-corrected chi connectivity index (χ1v) is 10.2. The van der Waals surface area contributed by atoms with Crippen LogP contribution in [0.5, 0.6) is 0 Å². The summed E-state index contributed by atoms with van der Waals surface area (Å²) in [5, 5.41) is 4.22. The van der Waals surface area contributed by atoms with Crippen molar-refractivity contribution in [1.29, 1.82) is 0 Å². The molecule has 1 aromatic carbocycles. The van der Waals surface area contributed by atoms with E-state index in [1.165, 1.54) is 17.5 Å². The molecule has 2 heterocycles. The topological polar surface area (TPSA) is 23.6 Å². The number of thiophene rings is 1. The number of aryl methyl sites for hydroxylation is 1. The first kappa shape index (κ1) is 18.2. The molecule has 0 spiro atoms. The Morgan fingerprint density at radius 3 is 2.80 bits per heavy atom. The Morgan fingerprint density at radius 2 is 2.04 bits per heavy atom. The van der Waals surface area contributed by atoms with Crippen LogP contribution in [0.2, 0.25) is 0 Å². The summed E-state index contributed by atoms with van der Waals surface area (Å²) in [4.78, 5) is 17.1. The maximum Gasteiger partial charge on any atom is 0.222 e. The average Bonchev–Trinajstić information content (AvgIpc) is 3.18. The predicted molar refractivity (Wildman–Crippen MR) is 105 cm³/mol. The summed E-state index contributed by atoms with van der Waals surface area (Å²) >= 11 is 1.70. The van der Waals surface area contributed by atoms with Gasteiger partial charge in [-0.05, 0) is 60.2 Å². The molecule has 25 heavy (non-hydrogen) atoms. The quantitative estimate of drug-likeness (QED) is 0.752. The summed E-state index contributed by atoms with van der Waals surface area (Å²) in [7, 11) is 1.99. The van der Waals surface area contributed by atoms with Crippen molar-refractivity contribution in [2.45, 2.75) is 38.1 Å². The highest BCUT2D eigenvalue weighted by Crippen LogP contribution is 2.17. The number of likely N-dealkylation sites (N-methyl/N-ethyl adjacent to an activating group) is 1. The van der Waals surface area contributed by atoms with Gasteiger partial charge in [-0.15, -0.1) is 0 Å². The zero-order valence-corrected chi connectivity index (χ0v) is 15.9. The lowest BCUT2D eigenvalue weighted by molar-refractivity contribution is -0.133. The van der Waals surface area contributed by atoms with Crippen LogP contribution < -0.4 is 0 Å². The second-order valence-electron chi connectivity index (χ2n) is 6.97. The molecular formula is C21H28N2OS. The fourth-order valence-electron chi connectivity index (χ4n) is 3.55. The van der Waals surface area contributed by atoms with E-state index >= 15 is 0 Å². The molecule has 1 amide bonds. The van der Waals surface area contributed by atoms with Gasteiger partial charge in [0.2, 0.25) is 5.91 Å². The number of hydrogen-bond donors (Lipinski definition) is 0. The molecule has 1 saturated heterocycles. The molecule has 0 saturated carbocycles. The van der Waals surface area contributed by atoms with Gasteiger partial charge in [-0.3, -0.25) is 4.79 Å². The number of rotatable bonds is 7. The maximum absolute atomic E-state index is 12.5. The van der Waals surface area contributed by atoms with E-state index < -0.39 is 0 Å². The normalized spacial score (nSPS) is 18.2. The number of likely N-dealkylation sites (tertiary alicyclic amines) is 1. The van der Waals surface area contributed by atoms with Crippen LogP contribution in [0.3, 0.4) is 0 Å². The Balaban J connectivity index is 1.45. The van der Waals surface area contributed by atoms with Crippen LogP contribution in [0.25, 0.3) is 0 Å². The van der Waals surface area contributed by atoms with E-state index in [1.54, 1.807) is 11.3 Å². The number of piperidine rings is 1. The van der Waals surface area contributed by atoms with E-state index in [0.29, 0.717) is 12.5 Å². The molecular weight excluding hydrogens is 328 g/mol. The van der Waals surface area contributed by atoms with Gasteiger partial charge in [0.05, 0.1) is 0 Å². The zero-order valence-electron chi connectivity index (χ0n) is 15.1. The van der Waals surface area contributed by atoms with E-state index in [4.69, 9.17) is 0 Å². The summed E-state index contributed by atoms with van der Waals surface area (Å²) < 4.78 is 0. The van der Waals surface area contributed by atoms with Crippen LogP contribution in [0, 0.1) is 0 Å². The monoisotopic (exact) mass is 356 g/mol. The van der Waals surface area contributed by atoms with Gasteiger partial charge < -0.3 is 9.80 Å². The van der Waals surface area contributed by atoms with Crippen molar-refractivity contribution >= 4 is 17.2 Å². The van der Waals surface area contributed by atoms with Crippen LogP contribution in [-0.4, -0.2) is 48.4 Å². The van der Waals surface area contributed by atoms with Crippen LogP contribution in [0.1, 0.15) is 30.4 Å². The lowest BCUT2D eigenvalue weighted by Crippen LogP contribution is -2.49. The summed E-state index contributed by atoms with van der Waals surface area (Å²) in [6.45, 7) is 3.24. The number of nitrogens with zero attached hydrogens (tertiary/aromatic N) is 2. The smallest absolute Gasteiger partial charge is 0.222 e. The summed E-state index contributed by atoms with van der Waals surface area (Å²) in [5.74, 6) is 0.279. The fraction of sp³-hybridized carbons (Fsp3) is 0.476. The number of carbonyl (C=O) groups is 1. The van der Waals surface area contributed by atoms with Gasteiger partial charge in [0.25, 0.3) is 0 Å². The van der Waals surface area contributed by atoms with Gasteiger partial charge in [-0.2, -0.15) is 11.3 Å². The summed E-state index contributed by atoms with van der Waals surface area (Å²) in [6, 6.07) is 13.1. The molecule has 2 aromatic rings. The second kappa shape index (κ2) is 9.16. The SMILES string of the molecule is CN(C(=O)CCc1ccsc1)C1CCCN(CCc2ccccc2)C1. The van der Waals surface area contributed by atoms with Gasteiger partial charge in [-0.25, -0.2) is 0 Å². The number of hydrogen-bond acceptors (Lipinski definition) is 3. The standard InChI is InChI=1S/C21H28N2OS/c1-22(21(24)10-9-19-12-15-25-17-19)20-8-5-13-23(16-20)14-11-18-6-3-2-4-7-18/h2-4,6-7,12,15,17,20H,5,8-11,13-14,16H2,1H3. The molecule has 3 nitrogen and oxygen atoms in total. The number of carbonyl (C=O) groups excluding carboxylic acids is 1. The molecule has 1 fully saturated rings. The highest BCUT2D eigenvalue weighted by atomic mass is 32.1. The maximum atomic E-state index is 12.5. The van der Waals surface area contributed by atoms with Gasteiger partial charge in [0.1, 0.15) is 0 Å². The average molecular weight is 357 g/mol. The van der Waals surface area contributed by atoms with Crippen LogP contribution in [0.15, 0.2) is 47.2 Å². The molecule has 1 aliphatic rings. The Morgan fingerprint density at radius 1 is 1.20 bits per heavy atom. The zero-order chi connectivity index (χ0) is 17.5. The molecule has 4 heteroatoms. The molecule has 0 aliphatic carbocycles. The minimum Gasteiger partial charge on any atom is -0.341 e. The lowest BCUT2D eigenvalue weighted by atomic mass is 10.0. The first-order valence-electron chi connectivity index (χ1n) is 9.25. The van der Waals surface area contributed by atoms with Crippen molar-refractivity contribution in [1.82, 2.24) is 9.80 Å². The van der Waals surface area contributed by atoms with Gasteiger partial charge >= 0.3 is 0 Å². The van der Waals surface area contributed by atoms with Crippen molar-refractivity contribution in [2.24, 2.45) is 0 Å². The van der Waals surface area contributed by atoms with Crippen LogP contribution in [-0.2, 0) is 17.6 Å². The first-order chi connectivity index (χ1) is 12.2. The Kier molecular flexibility index (Phi) is 6.65. The highest BCUT2D eigenvalue weighted by Gasteiger charge is 2.25. The van der Waals surface area contributed by atoms with Crippen LogP contribution >= 0.6 is 11.3 Å². The van der Waals surface area contributed by atoms with Gasteiger partial charge in [0.15, 0.2) is 0 Å². The van der Waals surface area contributed by atoms with E-state index in [-0.39, 0.29) is 5.91 Å². The molecule has 3 rings (SSSR count). The van der Waals surface area contributed by atoms with Crippen molar-refractivity contribution in [3.63, 3.8) is 0 Å². The van der Waals surface area contributed by atoms with E-state index in [9.17, 15) is 4.79 Å². The van der Waals surface area contributed by atoms with Gasteiger partial charge in [0, 0.05) is 32.6 Å². The largest absolute Gasteiger partial charge is 0.341 e. The van der Waals surface area contributed by atoms with E-state index in [2.05, 4.69) is 52.1 Å². The molecule has 0 radical (unpaired) electrons. The van der Waals surface area contributed by atoms with Crippen molar-refractivity contribution in [3.05, 3.63) is 58.3 Å². The fourth-order valence-corrected chi connectivity index (χ4v) is 4.25. The third kappa shape index (κ3) is 5.41. The van der Waals surface area contributed by atoms with Gasteiger partial charge in [-0.1, -0.05) is 30.3 Å². The third-order valence-electron chi connectivity index (χ3n) is 5.19. The lowest BCUT2D eigenvalue weighted by Gasteiger charge is -2.37. The molecule has 1 aliphatic heterocycles. The Labute approximate surface area is 155 Å². The molecule has 1 atom stereocenters. The molecule has 1 unspecified atom stereocenters. The van der Waals surface area contributed by atoms with Crippen molar-refractivity contribution in [2.75, 3.05) is 26.7 Å². The Hall–Kier alpha value is -1.65. The number of amides is 1. The minimum absolute atomic E-state index is 0.279. The third-order valence-corrected chi connectivity index (χ3v) is 5.92. The van der Waals surface area contributed by atoms with Crippen LogP contribution in [0.4, 0.5) is 0 Å². The van der Waals surface area contributed by atoms with E-state index in [0.717, 1.165) is 38.9 Å². The van der Waals surface area contributed by atoms with E-state index in [1.807, 2.05) is 11.9 Å². The van der Waals surface area contributed by atoms with Crippen molar-refractivity contribution in [3.8, 4) is 0 Å². The second-order valence-corrected chi connectivity index (χ2v) is 7.75. The molecule has 0 N–H and O–H groups in total. The summed E-state index contributed by atoms with van der Waals surface area (Å²) in [6.07, 6.45) is 4.87. The predicted octanol–water partition coefficient (Wildman–Crippen LogP) is 3.85. The molecule has 134 valence electrons. The van der Waals surface area contributed by atoms with Crippen molar-refractivity contribution < 1.29 is 4.79 Å². The number of benzene rings is 1.